The monoisotopic (exact) mass is 261 g/mol. The molecule has 0 aromatic heterocycles. The predicted octanol–water partition coefficient (Wildman–Crippen LogP) is 0.562. The molecule has 4 nitrogen and oxygen atoms in total. The second-order valence-corrected chi connectivity index (χ2v) is 7.77. The lowest BCUT2D eigenvalue weighted by molar-refractivity contribution is 0.154. The van der Waals surface area contributed by atoms with E-state index in [1.807, 2.05) is 0 Å². The van der Waals surface area contributed by atoms with Crippen molar-refractivity contribution in [2.75, 3.05) is 24.7 Å². The topological polar surface area (TPSA) is 66.4 Å². The molecule has 0 bridgehead atoms. The van der Waals surface area contributed by atoms with E-state index >= 15 is 0 Å². The fraction of sp³-hybridized carbons (Fsp3) is 1.00. The van der Waals surface area contributed by atoms with Gasteiger partial charge in [-0.1, -0.05) is 6.42 Å². The molecule has 1 saturated heterocycles. The van der Waals surface area contributed by atoms with Crippen LogP contribution in [0, 0.1) is 11.8 Å². The molecular formula is C12H23NO3S. The highest BCUT2D eigenvalue weighted by Crippen LogP contribution is 2.26. The second kappa shape index (κ2) is 5.67. The Bertz CT molecular complexity index is 324. The molecule has 1 aliphatic carbocycles. The van der Waals surface area contributed by atoms with Crippen molar-refractivity contribution in [3.8, 4) is 0 Å². The van der Waals surface area contributed by atoms with E-state index in [2.05, 4.69) is 5.32 Å². The maximum absolute atomic E-state index is 11.4. The van der Waals surface area contributed by atoms with Crippen LogP contribution in [0.25, 0.3) is 0 Å². The molecule has 1 aliphatic heterocycles. The minimum absolute atomic E-state index is 0.171. The Kier molecular flexibility index (Phi) is 4.44. The molecule has 1 unspecified atom stereocenters. The Labute approximate surface area is 104 Å². The Morgan fingerprint density at radius 2 is 1.82 bits per heavy atom. The molecular weight excluding hydrogens is 238 g/mol. The zero-order valence-electron chi connectivity index (χ0n) is 10.3. The van der Waals surface area contributed by atoms with E-state index in [-0.39, 0.29) is 12.5 Å². The van der Waals surface area contributed by atoms with Gasteiger partial charge in [0.1, 0.15) is 9.84 Å². The standard InChI is InChI=1S/C12H23NO3S/c14-9-11(8-13-12-2-1-3-12)10-4-6-17(15,16)7-5-10/h10-14H,1-9H2. The van der Waals surface area contributed by atoms with Crippen molar-refractivity contribution >= 4 is 9.84 Å². The summed E-state index contributed by atoms with van der Waals surface area (Å²) in [6, 6.07) is 0.636. The van der Waals surface area contributed by atoms with Crippen molar-refractivity contribution in [1.82, 2.24) is 5.32 Å². The first-order chi connectivity index (χ1) is 8.11. The maximum atomic E-state index is 11.4. The first-order valence-corrected chi connectivity index (χ1v) is 8.47. The van der Waals surface area contributed by atoms with E-state index in [0.717, 1.165) is 19.4 Å². The van der Waals surface area contributed by atoms with Gasteiger partial charge in [0.15, 0.2) is 0 Å². The third kappa shape index (κ3) is 3.66. The van der Waals surface area contributed by atoms with Crippen LogP contribution in [-0.2, 0) is 9.84 Å². The van der Waals surface area contributed by atoms with Crippen molar-refractivity contribution in [2.24, 2.45) is 11.8 Å². The molecule has 0 spiro atoms. The van der Waals surface area contributed by atoms with Gasteiger partial charge in [0.25, 0.3) is 0 Å². The Balaban J connectivity index is 1.77. The Morgan fingerprint density at radius 1 is 1.18 bits per heavy atom. The molecule has 1 saturated carbocycles. The molecule has 100 valence electrons. The van der Waals surface area contributed by atoms with E-state index in [0.29, 0.717) is 23.5 Å². The number of sulfone groups is 1. The first-order valence-electron chi connectivity index (χ1n) is 6.65. The highest BCUT2D eigenvalue weighted by molar-refractivity contribution is 7.91. The molecule has 2 N–H and O–H groups in total. The van der Waals surface area contributed by atoms with Gasteiger partial charge in [-0.05, 0) is 37.5 Å². The summed E-state index contributed by atoms with van der Waals surface area (Å²) >= 11 is 0. The lowest BCUT2D eigenvalue weighted by Crippen LogP contribution is -2.42. The minimum atomic E-state index is -2.78. The number of aliphatic hydroxyl groups is 1. The molecule has 0 aromatic carbocycles. The fourth-order valence-corrected chi connectivity index (χ4v) is 4.22. The Hall–Kier alpha value is -0.130. The normalized spacial score (nSPS) is 27.6. The second-order valence-electron chi connectivity index (χ2n) is 5.47. The number of nitrogens with one attached hydrogen (secondary N) is 1. The van der Waals surface area contributed by atoms with Crippen LogP contribution in [0.3, 0.4) is 0 Å². The molecule has 0 radical (unpaired) electrons. The van der Waals surface area contributed by atoms with Gasteiger partial charge in [0.2, 0.25) is 0 Å². The quantitative estimate of drug-likeness (QED) is 0.759. The summed E-state index contributed by atoms with van der Waals surface area (Å²) in [5, 5.41) is 12.9. The molecule has 1 atom stereocenters. The molecule has 0 amide bonds. The average Bonchev–Trinajstić information content (AvgIpc) is 2.23. The van der Waals surface area contributed by atoms with Gasteiger partial charge in [-0.15, -0.1) is 0 Å². The van der Waals surface area contributed by atoms with Gasteiger partial charge < -0.3 is 10.4 Å². The molecule has 1 heterocycles. The molecule has 2 fully saturated rings. The zero-order chi connectivity index (χ0) is 12.3. The summed E-state index contributed by atoms with van der Waals surface area (Å²) in [5.41, 5.74) is 0. The molecule has 2 aliphatic rings. The largest absolute Gasteiger partial charge is 0.396 e. The van der Waals surface area contributed by atoms with E-state index in [1.54, 1.807) is 0 Å². The van der Waals surface area contributed by atoms with Gasteiger partial charge in [0, 0.05) is 19.2 Å². The van der Waals surface area contributed by atoms with Crippen LogP contribution in [0.4, 0.5) is 0 Å². The molecule has 5 heteroatoms. The minimum Gasteiger partial charge on any atom is -0.396 e. The van der Waals surface area contributed by atoms with Crippen LogP contribution in [0.5, 0.6) is 0 Å². The summed E-state index contributed by atoms with van der Waals surface area (Å²) in [6.07, 6.45) is 5.25. The number of aliphatic hydroxyl groups excluding tert-OH is 1. The van der Waals surface area contributed by atoms with E-state index in [9.17, 15) is 13.5 Å². The van der Waals surface area contributed by atoms with Gasteiger partial charge >= 0.3 is 0 Å². The SMILES string of the molecule is O=S1(=O)CCC(C(CO)CNC2CCC2)CC1. The molecule has 17 heavy (non-hydrogen) atoms. The third-order valence-corrected chi connectivity index (χ3v) is 5.99. The number of rotatable bonds is 5. The summed E-state index contributed by atoms with van der Waals surface area (Å²) in [6.45, 7) is 1.01. The summed E-state index contributed by atoms with van der Waals surface area (Å²) in [7, 11) is -2.78. The Morgan fingerprint density at radius 3 is 2.29 bits per heavy atom. The van der Waals surface area contributed by atoms with Crippen LogP contribution >= 0.6 is 0 Å². The molecule has 0 aromatic rings. The van der Waals surface area contributed by atoms with E-state index < -0.39 is 9.84 Å². The van der Waals surface area contributed by atoms with Gasteiger partial charge in [-0.2, -0.15) is 0 Å². The third-order valence-electron chi connectivity index (χ3n) is 4.27. The zero-order valence-corrected chi connectivity index (χ0v) is 11.1. The van der Waals surface area contributed by atoms with Crippen molar-refractivity contribution in [2.45, 2.75) is 38.1 Å². The van der Waals surface area contributed by atoms with Crippen LogP contribution in [0.1, 0.15) is 32.1 Å². The lowest BCUT2D eigenvalue weighted by atomic mass is 9.86. The number of hydrogen-bond donors (Lipinski definition) is 2. The summed E-state index contributed by atoms with van der Waals surface area (Å²) in [5.74, 6) is 1.21. The van der Waals surface area contributed by atoms with Crippen molar-refractivity contribution in [1.29, 1.82) is 0 Å². The predicted molar refractivity (Wildman–Crippen MR) is 67.6 cm³/mol. The van der Waals surface area contributed by atoms with Crippen molar-refractivity contribution < 1.29 is 13.5 Å². The maximum Gasteiger partial charge on any atom is 0.150 e. The lowest BCUT2D eigenvalue weighted by Gasteiger charge is -2.33. The van der Waals surface area contributed by atoms with Crippen LogP contribution in [-0.4, -0.2) is 44.2 Å². The highest BCUT2D eigenvalue weighted by Gasteiger charge is 2.29. The molecule has 2 rings (SSSR count). The fourth-order valence-electron chi connectivity index (χ4n) is 2.69. The van der Waals surface area contributed by atoms with E-state index in [1.165, 1.54) is 19.3 Å². The number of hydrogen-bond acceptors (Lipinski definition) is 4. The van der Waals surface area contributed by atoms with Crippen LogP contribution in [0.2, 0.25) is 0 Å². The first kappa shape index (κ1) is 13.3. The van der Waals surface area contributed by atoms with Crippen molar-refractivity contribution in [3.05, 3.63) is 0 Å². The van der Waals surface area contributed by atoms with Crippen LogP contribution in [0.15, 0.2) is 0 Å². The summed E-state index contributed by atoms with van der Waals surface area (Å²) in [4.78, 5) is 0. The van der Waals surface area contributed by atoms with E-state index in [4.69, 9.17) is 0 Å². The van der Waals surface area contributed by atoms with Gasteiger partial charge in [-0.3, -0.25) is 0 Å². The average molecular weight is 261 g/mol. The summed E-state index contributed by atoms with van der Waals surface area (Å²) < 4.78 is 22.7. The van der Waals surface area contributed by atoms with Crippen molar-refractivity contribution in [3.63, 3.8) is 0 Å². The smallest absolute Gasteiger partial charge is 0.150 e. The van der Waals surface area contributed by atoms with Gasteiger partial charge in [-0.25, -0.2) is 8.42 Å². The van der Waals surface area contributed by atoms with Gasteiger partial charge in [0.05, 0.1) is 11.5 Å². The highest BCUT2D eigenvalue weighted by atomic mass is 32.2. The van der Waals surface area contributed by atoms with Crippen LogP contribution < -0.4 is 5.32 Å².